The standard InChI is InChI=1S/C15H19Cl2N3O2/c1-10-11(6-18-19-10)7-20(2)8-13(21)9-22-15-4-3-12(16)5-14(15)17/h3-6,13,21H,7-9H2,1-2H3,(H,18,19). The fourth-order valence-corrected chi connectivity index (χ4v) is 2.54. The summed E-state index contributed by atoms with van der Waals surface area (Å²) in [5.41, 5.74) is 2.14. The first-order valence-corrected chi connectivity index (χ1v) is 7.64. The van der Waals surface area contributed by atoms with Crippen molar-refractivity contribution in [2.24, 2.45) is 0 Å². The maximum atomic E-state index is 10.1. The molecule has 0 bridgehead atoms. The van der Waals surface area contributed by atoms with E-state index in [9.17, 15) is 5.11 Å². The molecule has 0 saturated heterocycles. The molecule has 0 saturated carbocycles. The first kappa shape index (κ1) is 17.1. The number of halogens is 2. The average molecular weight is 344 g/mol. The van der Waals surface area contributed by atoms with Crippen LogP contribution < -0.4 is 4.74 Å². The third kappa shape index (κ3) is 4.88. The Labute approximate surface area is 139 Å². The summed E-state index contributed by atoms with van der Waals surface area (Å²) in [5.74, 6) is 0.512. The minimum absolute atomic E-state index is 0.163. The number of nitrogens with one attached hydrogen (secondary N) is 1. The molecule has 120 valence electrons. The molecule has 2 N–H and O–H groups in total. The van der Waals surface area contributed by atoms with Crippen molar-refractivity contribution >= 4 is 23.2 Å². The molecule has 0 aliphatic rings. The molecule has 0 radical (unpaired) electrons. The molecule has 1 heterocycles. The zero-order chi connectivity index (χ0) is 16.1. The van der Waals surface area contributed by atoms with Gasteiger partial charge in [-0.15, -0.1) is 0 Å². The SMILES string of the molecule is Cc1[nH]ncc1CN(C)CC(O)COc1ccc(Cl)cc1Cl. The van der Waals surface area contributed by atoms with Crippen LogP contribution in [0.2, 0.25) is 10.0 Å². The largest absolute Gasteiger partial charge is 0.489 e. The second kappa shape index (κ2) is 7.83. The number of nitrogens with zero attached hydrogens (tertiary/aromatic N) is 2. The molecule has 5 nitrogen and oxygen atoms in total. The molecule has 0 spiro atoms. The Balaban J connectivity index is 1.80. The lowest BCUT2D eigenvalue weighted by molar-refractivity contribution is 0.0744. The molecule has 0 aliphatic carbocycles. The number of ether oxygens (including phenoxy) is 1. The lowest BCUT2D eigenvalue weighted by Crippen LogP contribution is -2.32. The maximum absolute atomic E-state index is 10.1. The van der Waals surface area contributed by atoms with Gasteiger partial charge in [-0.1, -0.05) is 23.2 Å². The Morgan fingerprint density at radius 2 is 2.18 bits per heavy atom. The van der Waals surface area contributed by atoms with Crippen molar-refractivity contribution in [1.82, 2.24) is 15.1 Å². The second-order valence-corrected chi connectivity index (χ2v) is 6.10. The van der Waals surface area contributed by atoms with E-state index in [0.29, 0.717) is 28.9 Å². The predicted molar refractivity (Wildman–Crippen MR) is 87.6 cm³/mol. The number of aliphatic hydroxyl groups is 1. The molecule has 1 aromatic carbocycles. The van der Waals surface area contributed by atoms with Gasteiger partial charge in [0.25, 0.3) is 0 Å². The normalized spacial score (nSPS) is 12.6. The fraction of sp³-hybridized carbons (Fsp3) is 0.400. The van der Waals surface area contributed by atoms with Crippen molar-refractivity contribution in [1.29, 1.82) is 0 Å². The van der Waals surface area contributed by atoms with Crippen molar-refractivity contribution in [2.45, 2.75) is 19.6 Å². The van der Waals surface area contributed by atoms with E-state index >= 15 is 0 Å². The van der Waals surface area contributed by atoms with Gasteiger partial charge in [-0.05, 0) is 32.2 Å². The molecule has 0 aliphatic heterocycles. The van der Waals surface area contributed by atoms with Crippen LogP contribution in [0.5, 0.6) is 5.75 Å². The number of likely N-dealkylation sites (N-methyl/N-ethyl adjacent to an activating group) is 1. The zero-order valence-corrected chi connectivity index (χ0v) is 14.0. The molecule has 1 atom stereocenters. The van der Waals surface area contributed by atoms with E-state index < -0.39 is 6.10 Å². The summed E-state index contributed by atoms with van der Waals surface area (Å²) >= 11 is 11.8. The summed E-state index contributed by atoms with van der Waals surface area (Å²) < 4.78 is 5.53. The van der Waals surface area contributed by atoms with Crippen LogP contribution in [0.4, 0.5) is 0 Å². The van der Waals surface area contributed by atoms with E-state index in [1.165, 1.54) is 0 Å². The van der Waals surface area contributed by atoms with E-state index in [0.717, 1.165) is 11.3 Å². The van der Waals surface area contributed by atoms with Crippen LogP contribution >= 0.6 is 23.2 Å². The molecular formula is C15H19Cl2N3O2. The molecule has 0 amide bonds. The zero-order valence-electron chi connectivity index (χ0n) is 12.5. The van der Waals surface area contributed by atoms with E-state index in [4.69, 9.17) is 27.9 Å². The number of aromatic nitrogens is 2. The molecule has 1 unspecified atom stereocenters. The van der Waals surface area contributed by atoms with Crippen LogP contribution in [-0.2, 0) is 6.54 Å². The number of H-pyrrole nitrogens is 1. The highest BCUT2D eigenvalue weighted by molar-refractivity contribution is 6.35. The molecule has 22 heavy (non-hydrogen) atoms. The summed E-state index contributed by atoms with van der Waals surface area (Å²) in [6.07, 6.45) is 1.17. The van der Waals surface area contributed by atoms with Gasteiger partial charge in [0.05, 0.1) is 11.2 Å². The van der Waals surface area contributed by atoms with Gasteiger partial charge in [0.15, 0.2) is 0 Å². The Bertz CT molecular complexity index is 619. The number of aromatic amines is 1. The van der Waals surface area contributed by atoms with Gasteiger partial charge in [0.1, 0.15) is 18.5 Å². The average Bonchev–Trinajstić information content (AvgIpc) is 2.83. The van der Waals surface area contributed by atoms with Crippen LogP contribution in [0.3, 0.4) is 0 Å². The first-order chi connectivity index (χ1) is 10.5. The highest BCUT2D eigenvalue weighted by Gasteiger charge is 2.12. The predicted octanol–water partition coefficient (Wildman–Crippen LogP) is 2.90. The smallest absolute Gasteiger partial charge is 0.138 e. The lowest BCUT2D eigenvalue weighted by atomic mass is 10.2. The number of hydrogen-bond donors (Lipinski definition) is 2. The number of benzene rings is 1. The number of aryl methyl sites for hydroxylation is 1. The van der Waals surface area contributed by atoms with Crippen molar-refractivity contribution in [2.75, 3.05) is 20.2 Å². The van der Waals surface area contributed by atoms with Crippen molar-refractivity contribution in [3.05, 3.63) is 45.7 Å². The van der Waals surface area contributed by atoms with Crippen molar-refractivity contribution in [3.63, 3.8) is 0 Å². The number of hydrogen-bond acceptors (Lipinski definition) is 4. The van der Waals surface area contributed by atoms with E-state index in [1.807, 2.05) is 18.9 Å². The van der Waals surface area contributed by atoms with Crippen molar-refractivity contribution < 1.29 is 9.84 Å². The summed E-state index contributed by atoms with van der Waals surface area (Å²) in [6.45, 7) is 3.32. The van der Waals surface area contributed by atoms with E-state index in [2.05, 4.69) is 10.2 Å². The van der Waals surface area contributed by atoms with E-state index in [-0.39, 0.29) is 6.61 Å². The summed E-state index contributed by atoms with van der Waals surface area (Å²) in [4.78, 5) is 2.01. The van der Waals surface area contributed by atoms with Gasteiger partial charge in [0, 0.05) is 29.4 Å². The number of rotatable bonds is 7. The second-order valence-electron chi connectivity index (χ2n) is 5.26. The fourth-order valence-electron chi connectivity index (χ4n) is 2.08. The molecule has 0 fully saturated rings. The summed E-state index contributed by atoms with van der Waals surface area (Å²) in [6, 6.07) is 5.00. The van der Waals surface area contributed by atoms with Gasteiger partial charge in [-0.3, -0.25) is 10.00 Å². The van der Waals surface area contributed by atoms with E-state index in [1.54, 1.807) is 24.4 Å². The van der Waals surface area contributed by atoms with Crippen LogP contribution in [0.25, 0.3) is 0 Å². The molecule has 2 rings (SSSR count). The van der Waals surface area contributed by atoms with Gasteiger partial charge in [-0.2, -0.15) is 5.10 Å². The van der Waals surface area contributed by atoms with Gasteiger partial charge in [0.2, 0.25) is 0 Å². The highest BCUT2D eigenvalue weighted by Crippen LogP contribution is 2.27. The molecule has 2 aromatic rings. The van der Waals surface area contributed by atoms with Crippen LogP contribution in [0.15, 0.2) is 24.4 Å². The first-order valence-electron chi connectivity index (χ1n) is 6.89. The van der Waals surface area contributed by atoms with Gasteiger partial charge in [-0.25, -0.2) is 0 Å². The maximum Gasteiger partial charge on any atom is 0.138 e. The summed E-state index contributed by atoms with van der Waals surface area (Å²) in [5, 5.41) is 17.9. The Morgan fingerprint density at radius 3 is 2.82 bits per heavy atom. The van der Waals surface area contributed by atoms with Crippen LogP contribution in [0.1, 0.15) is 11.3 Å². The molecule has 7 heteroatoms. The van der Waals surface area contributed by atoms with Gasteiger partial charge < -0.3 is 9.84 Å². The molecule has 1 aromatic heterocycles. The minimum atomic E-state index is -0.621. The third-order valence-corrected chi connectivity index (χ3v) is 3.75. The molecular weight excluding hydrogens is 325 g/mol. The topological polar surface area (TPSA) is 61.4 Å². The van der Waals surface area contributed by atoms with Crippen molar-refractivity contribution in [3.8, 4) is 5.75 Å². The lowest BCUT2D eigenvalue weighted by Gasteiger charge is -2.20. The summed E-state index contributed by atoms with van der Waals surface area (Å²) in [7, 11) is 1.94. The Morgan fingerprint density at radius 1 is 1.41 bits per heavy atom. The van der Waals surface area contributed by atoms with Gasteiger partial charge >= 0.3 is 0 Å². The quantitative estimate of drug-likeness (QED) is 0.811. The highest BCUT2D eigenvalue weighted by atomic mass is 35.5. The Kier molecular flexibility index (Phi) is 6.08. The monoisotopic (exact) mass is 343 g/mol. The van der Waals surface area contributed by atoms with Crippen LogP contribution in [-0.4, -0.2) is 46.5 Å². The third-order valence-electron chi connectivity index (χ3n) is 3.22. The Hall–Kier alpha value is -1.27. The minimum Gasteiger partial charge on any atom is -0.489 e. The van der Waals surface area contributed by atoms with Crippen LogP contribution in [0, 0.1) is 6.92 Å². The number of aliphatic hydroxyl groups excluding tert-OH is 1.